The van der Waals surface area contributed by atoms with Crippen molar-refractivity contribution in [1.29, 1.82) is 0 Å². The second kappa shape index (κ2) is 3.99. The second-order valence-corrected chi connectivity index (χ2v) is 4.45. The lowest BCUT2D eigenvalue weighted by Crippen LogP contribution is -2.50. The Kier molecular flexibility index (Phi) is 3.17. The highest BCUT2D eigenvalue weighted by atomic mass is 16.2. The molecule has 3 nitrogen and oxygen atoms in total. The molecule has 0 radical (unpaired) electrons. The van der Waals surface area contributed by atoms with Crippen LogP contribution in [0.1, 0.15) is 39.0 Å². The van der Waals surface area contributed by atoms with Crippen LogP contribution in [0.5, 0.6) is 0 Å². The van der Waals surface area contributed by atoms with Gasteiger partial charge in [0.1, 0.15) is 0 Å². The average Bonchev–Trinajstić information content (AvgIpc) is 2.04. The average molecular weight is 184 g/mol. The monoisotopic (exact) mass is 184 g/mol. The van der Waals surface area contributed by atoms with Gasteiger partial charge in [-0.3, -0.25) is 0 Å². The van der Waals surface area contributed by atoms with E-state index in [4.69, 9.17) is 0 Å². The Morgan fingerprint density at radius 2 is 1.77 bits per heavy atom. The number of hydrogen-bond donors (Lipinski definition) is 1. The quantitative estimate of drug-likeness (QED) is 0.664. The third kappa shape index (κ3) is 2.90. The third-order valence-electron chi connectivity index (χ3n) is 2.77. The summed E-state index contributed by atoms with van der Waals surface area (Å²) in [6.45, 7) is 2.15. The molecule has 76 valence electrons. The van der Waals surface area contributed by atoms with Crippen LogP contribution in [-0.2, 0) is 0 Å². The molecule has 0 spiro atoms. The summed E-state index contributed by atoms with van der Waals surface area (Å²) in [6.07, 6.45) is 6.03. The molecule has 0 saturated heterocycles. The first kappa shape index (κ1) is 10.4. The Morgan fingerprint density at radius 1 is 1.23 bits per heavy atom. The lowest BCUT2D eigenvalue weighted by Gasteiger charge is -2.35. The van der Waals surface area contributed by atoms with Gasteiger partial charge in [-0.2, -0.15) is 0 Å². The van der Waals surface area contributed by atoms with Crippen LogP contribution < -0.4 is 5.32 Å². The van der Waals surface area contributed by atoms with Crippen molar-refractivity contribution in [3.8, 4) is 0 Å². The third-order valence-corrected chi connectivity index (χ3v) is 2.77. The van der Waals surface area contributed by atoms with E-state index in [9.17, 15) is 4.79 Å². The van der Waals surface area contributed by atoms with Gasteiger partial charge in [-0.1, -0.05) is 19.3 Å². The number of urea groups is 1. The topological polar surface area (TPSA) is 32.3 Å². The minimum Gasteiger partial charge on any atom is -0.333 e. The molecule has 1 aliphatic carbocycles. The van der Waals surface area contributed by atoms with Crippen LogP contribution in [0.25, 0.3) is 0 Å². The maximum Gasteiger partial charge on any atom is 0.317 e. The standard InChI is InChI=1S/C10H20N2O/c1-10(7-5-4-6-8-10)11-9(13)12(2)3/h4-8H2,1-3H3,(H,11,13). The summed E-state index contributed by atoms with van der Waals surface area (Å²) < 4.78 is 0. The van der Waals surface area contributed by atoms with E-state index >= 15 is 0 Å². The molecule has 0 unspecified atom stereocenters. The predicted molar refractivity (Wildman–Crippen MR) is 53.7 cm³/mol. The molecular formula is C10H20N2O. The Morgan fingerprint density at radius 3 is 2.23 bits per heavy atom. The molecule has 1 saturated carbocycles. The second-order valence-electron chi connectivity index (χ2n) is 4.45. The van der Waals surface area contributed by atoms with E-state index in [-0.39, 0.29) is 11.6 Å². The molecule has 2 amide bonds. The lowest BCUT2D eigenvalue weighted by atomic mass is 9.83. The molecule has 1 fully saturated rings. The van der Waals surface area contributed by atoms with Crippen LogP contribution in [-0.4, -0.2) is 30.6 Å². The smallest absolute Gasteiger partial charge is 0.317 e. The van der Waals surface area contributed by atoms with Crippen molar-refractivity contribution in [2.45, 2.75) is 44.6 Å². The van der Waals surface area contributed by atoms with Gasteiger partial charge >= 0.3 is 6.03 Å². The van der Waals surface area contributed by atoms with E-state index in [1.54, 1.807) is 19.0 Å². The van der Waals surface area contributed by atoms with Gasteiger partial charge in [-0.15, -0.1) is 0 Å². The minimum atomic E-state index is 0.0319. The molecule has 13 heavy (non-hydrogen) atoms. The zero-order chi connectivity index (χ0) is 9.90. The van der Waals surface area contributed by atoms with Crippen LogP contribution in [0.4, 0.5) is 4.79 Å². The largest absolute Gasteiger partial charge is 0.333 e. The zero-order valence-corrected chi connectivity index (χ0v) is 8.89. The molecule has 0 aromatic carbocycles. The zero-order valence-electron chi connectivity index (χ0n) is 8.89. The molecule has 0 heterocycles. The maximum absolute atomic E-state index is 11.4. The molecule has 0 bridgehead atoms. The highest BCUT2D eigenvalue weighted by Gasteiger charge is 2.28. The van der Waals surface area contributed by atoms with Gasteiger partial charge in [0.05, 0.1) is 0 Å². The molecular weight excluding hydrogens is 164 g/mol. The minimum absolute atomic E-state index is 0.0319. The molecule has 0 aromatic heterocycles. The van der Waals surface area contributed by atoms with Crippen molar-refractivity contribution in [3.63, 3.8) is 0 Å². The van der Waals surface area contributed by atoms with Gasteiger partial charge in [0.2, 0.25) is 0 Å². The van der Waals surface area contributed by atoms with Crippen molar-refractivity contribution in [2.75, 3.05) is 14.1 Å². The number of hydrogen-bond acceptors (Lipinski definition) is 1. The van der Waals surface area contributed by atoms with E-state index in [1.807, 2.05) is 0 Å². The van der Waals surface area contributed by atoms with Gasteiger partial charge in [0, 0.05) is 19.6 Å². The van der Waals surface area contributed by atoms with E-state index in [1.165, 1.54) is 19.3 Å². The molecule has 0 atom stereocenters. The predicted octanol–water partition coefficient (Wildman–Crippen LogP) is 1.98. The number of carbonyl (C=O) groups excluding carboxylic acids is 1. The summed E-state index contributed by atoms with van der Waals surface area (Å²) >= 11 is 0. The number of nitrogens with zero attached hydrogens (tertiary/aromatic N) is 1. The number of rotatable bonds is 1. The summed E-state index contributed by atoms with van der Waals surface area (Å²) in [5.41, 5.74) is 0.0413. The van der Waals surface area contributed by atoms with Crippen LogP contribution >= 0.6 is 0 Å². The van der Waals surface area contributed by atoms with Crippen LogP contribution in [0.3, 0.4) is 0 Å². The summed E-state index contributed by atoms with van der Waals surface area (Å²) in [5.74, 6) is 0. The van der Waals surface area contributed by atoms with Gasteiger partial charge in [-0.25, -0.2) is 4.79 Å². The van der Waals surface area contributed by atoms with E-state index < -0.39 is 0 Å². The molecule has 3 heteroatoms. The number of nitrogens with one attached hydrogen (secondary N) is 1. The lowest BCUT2D eigenvalue weighted by molar-refractivity contribution is 0.189. The highest BCUT2D eigenvalue weighted by molar-refractivity contribution is 5.74. The Labute approximate surface area is 80.5 Å². The maximum atomic E-state index is 11.4. The van der Waals surface area contributed by atoms with Crippen molar-refractivity contribution in [1.82, 2.24) is 10.2 Å². The molecule has 0 aromatic rings. The summed E-state index contributed by atoms with van der Waals surface area (Å²) in [6, 6.07) is 0.0319. The van der Waals surface area contributed by atoms with Gasteiger partial charge in [0.15, 0.2) is 0 Å². The fourth-order valence-electron chi connectivity index (χ4n) is 1.83. The van der Waals surface area contributed by atoms with Crippen LogP contribution in [0.15, 0.2) is 0 Å². The van der Waals surface area contributed by atoms with Crippen molar-refractivity contribution >= 4 is 6.03 Å². The summed E-state index contributed by atoms with van der Waals surface area (Å²) in [7, 11) is 3.56. The molecule has 0 aliphatic heterocycles. The van der Waals surface area contributed by atoms with Crippen molar-refractivity contribution in [2.24, 2.45) is 0 Å². The van der Waals surface area contributed by atoms with E-state index in [0.29, 0.717) is 0 Å². The highest BCUT2D eigenvalue weighted by Crippen LogP contribution is 2.27. The summed E-state index contributed by atoms with van der Waals surface area (Å²) in [4.78, 5) is 13.0. The van der Waals surface area contributed by atoms with E-state index in [0.717, 1.165) is 12.8 Å². The fourth-order valence-corrected chi connectivity index (χ4v) is 1.83. The molecule has 1 N–H and O–H groups in total. The summed E-state index contributed by atoms with van der Waals surface area (Å²) in [5, 5.41) is 3.08. The normalized spacial score (nSPS) is 20.8. The van der Waals surface area contributed by atoms with Crippen LogP contribution in [0.2, 0.25) is 0 Å². The van der Waals surface area contributed by atoms with Gasteiger partial charge in [0.25, 0.3) is 0 Å². The van der Waals surface area contributed by atoms with Gasteiger partial charge < -0.3 is 10.2 Å². The Balaban J connectivity index is 2.45. The number of amides is 2. The SMILES string of the molecule is CN(C)C(=O)NC1(C)CCCCC1. The van der Waals surface area contributed by atoms with E-state index in [2.05, 4.69) is 12.2 Å². The molecule has 1 aliphatic rings. The van der Waals surface area contributed by atoms with Crippen molar-refractivity contribution < 1.29 is 4.79 Å². The molecule has 1 rings (SSSR count). The fraction of sp³-hybridized carbons (Fsp3) is 0.900. The van der Waals surface area contributed by atoms with Crippen LogP contribution in [0, 0.1) is 0 Å². The Hall–Kier alpha value is -0.730. The number of carbonyl (C=O) groups is 1. The first-order valence-corrected chi connectivity index (χ1v) is 5.03. The first-order chi connectivity index (χ1) is 6.03. The Bertz CT molecular complexity index is 183. The van der Waals surface area contributed by atoms with Crippen molar-refractivity contribution in [3.05, 3.63) is 0 Å². The van der Waals surface area contributed by atoms with Gasteiger partial charge in [-0.05, 0) is 19.8 Å². The first-order valence-electron chi connectivity index (χ1n) is 5.03.